The smallest absolute Gasteiger partial charge is 0.0504 e. The van der Waals surface area contributed by atoms with Crippen LogP contribution in [0, 0.1) is 5.41 Å². The van der Waals surface area contributed by atoms with Gasteiger partial charge in [-0.15, -0.1) is 18.3 Å². The van der Waals surface area contributed by atoms with Crippen molar-refractivity contribution in [2.45, 2.75) is 31.6 Å². The van der Waals surface area contributed by atoms with Crippen LogP contribution in [0.1, 0.15) is 26.7 Å². The summed E-state index contributed by atoms with van der Waals surface area (Å²) >= 11 is 1.78. The van der Waals surface area contributed by atoms with Crippen LogP contribution in [-0.2, 0) is 0 Å². The third-order valence-electron chi connectivity index (χ3n) is 3.73. The summed E-state index contributed by atoms with van der Waals surface area (Å²) in [6, 6.07) is 8.31. The van der Waals surface area contributed by atoms with Gasteiger partial charge < -0.3 is 10.4 Å². The number of benzene rings is 1. The molecule has 0 heterocycles. The van der Waals surface area contributed by atoms with Gasteiger partial charge in [0.1, 0.15) is 0 Å². The molecule has 0 bridgehead atoms. The summed E-state index contributed by atoms with van der Waals surface area (Å²) in [6.45, 7) is 9.07. The van der Waals surface area contributed by atoms with Gasteiger partial charge in [-0.05, 0) is 25.0 Å². The lowest BCUT2D eigenvalue weighted by atomic mass is 9.83. The molecule has 0 aliphatic rings. The van der Waals surface area contributed by atoms with E-state index in [1.807, 2.05) is 12.1 Å². The van der Waals surface area contributed by atoms with Crippen LogP contribution in [0.25, 0.3) is 0 Å². The first-order valence-electron chi connectivity index (χ1n) is 6.88. The first kappa shape index (κ1) is 16.1. The molecule has 0 radical (unpaired) electrons. The molecule has 1 aromatic rings. The highest BCUT2D eigenvalue weighted by atomic mass is 32.2. The second kappa shape index (κ2) is 8.28. The van der Waals surface area contributed by atoms with E-state index in [-0.39, 0.29) is 12.0 Å². The van der Waals surface area contributed by atoms with Crippen molar-refractivity contribution in [2.24, 2.45) is 5.41 Å². The molecule has 0 unspecified atom stereocenters. The second-order valence-corrected chi connectivity index (χ2v) is 5.88. The summed E-state index contributed by atoms with van der Waals surface area (Å²) in [5.41, 5.74) is 1.13. The van der Waals surface area contributed by atoms with Crippen LogP contribution in [0.15, 0.2) is 41.8 Å². The zero-order valence-corrected chi connectivity index (χ0v) is 12.8. The van der Waals surface area contributed by atoms with Crippen LogP contribution in [0.5, 0.6) is 0 Å². The highest BCUT2D eigenvalue weighted by molar-refractivity contribution is 7.99. The molecule has 0 atom stereocenters. The van der Waals surface area contributed by atoms with Crippen LogP contribution < -0.4 is 5.32 Å². The van der Waals surface area contributed by atoms with Crippen molar-refractivity contribution >= 4 is 17.4 Å². The molecule has 0 aliphatic carbocycles. The molecule has 0 amide bonds. The summed E-state index contributed by atoms with van der Waals surface area (Å²) in [5, 5.41) is 13.1. The Hall–Kier alpha value is -0.930. The minimum absolute atomic E-state index is 0.0176. The average Bonchev–Trinajstić information content (AvgIpc) is 2.48. The Morgan fingerprint density at radius 3 is 2.58 bits per heavy atom. The van der Waals surface area contributed by atoms with E-state index in [0.717, 1.165) is 30.8 Å². The molecule has 19 heavy (non-hydrogen) atoms. The molecule has 0 saturated heterocycles. The van der Waals surface area contributed by atoms with Crippen LogP contribution in [0.4, 0.5) is 5.69 Å². The Labute approximate surface area is 121 Å². The standard InChI is InChI=1S/C16H25NOS/c1-4-11-19-15-10-8-7-9-14(15)17-12-16(5-2,6-3)13-18/h4,7-10,17-18H,1,5-6,11-13H2,2-3H3. The number of hydrogen-bond acceptors (Lipinski definition) is 3. The third-order valence-corrected chi connectivity index (χ3v) is 4.80. The van der Waals surface area contributed by atoms with Crippen LogP contribution >= 0.6 is 11.8 Å². The molecule has 2 N–H and O–H groups in total. The lowest BCUT2D eigenvalue weighted by Gasteiger charge is -2.30. The number of rotatable bonds is 9. The molecule has 1 rings (SSSR count). The molecule has 2 nitrogen and oxygen atoms in total. The van der Waals surface area contributed by atoms with Gasteiger partial charge in [0.15, 0.2) is 0 Å². The van der Waals surface area contributed by atoms with Crippen LogP contribution in [-0.4, -0.2) is 24.0 Å². The van der Waals surface area contributed by atoms with E-state index in [1.165, 1.54) is 4.90 Å². The van der Waals surface area contributed by atoms with Crippen molar-refractivity contribution in [2.75, 3.05) is 24.2 Å². The van der Waals surface area contributed by atoms with Crippen molar-refractivity contribution < 1.29 is 5.11 Å². The molecule has 106 valence electrons. The number of anilines is 1. The summed E-state index contributed by atoms with van der Waals surface area (Å²) in [7, 11) is 0. The average molecular weight is 279 g/mol. The maximum atomic E-state index is 9.61. The SMILES string of the molecule is C=CCSc1ccccc1NCC(CC)(CC)CO. The Morgan fingerprint density at radius 1 is 1.32 bits per heavy atom. The van der Waals surface area contributed by atoms with Crippen molar-refractivity contribution in [3.05, 3.63) is 36.9 Å². The molecule has 3 heteroatoms. The molecule has 1 aromatic carbocycles. The number of nitrogens with one attached hydrogen (secondary N) is 1. The minimum Gasteiger partial charge on any atom is -0.396 e. The highest BCUT2D eigenvalue weighted by Gasteiger charge is 2.25. The van der Waals surface area contributed by atoms with E-state index in [2.05, 4.69) is 43.9 Å². The zero-order valence-electron chi connectivity index (χ0n) is 12.0. The lowest BCUT2D eigenvalue weighted by molar-refractivity contribution is 0.127. The molecular weight excluding hydrogens is 254 g/mol. The van der Waals surface area contributed by atoms with Gasteiger partial charge in [0.2, 0.25) is 0 Å². The summed E-state index contributed by atoms with van der Waals surface area (Å²) in [5.74, 6) is 0.908. The number of para-hydroxylation sites is 1. The zero-order chi connectivity index (χ0) is 14.1. The van der Waals surface area contributed by atoms with E-state index in [0.29, 0.717) is 0 Å². The molecule has 0 aromatic heterocycles. The van der Waals surface area contributed by atoms with E-state index < -0.39 is 0 Å². The fraction of sp³-hybridized carbons (Fsp3) is 0.500. The Bertz CT molecular complexity index is 380. The fourth-order valence-corrected chi connectivity index (χ4v) is 2.72. The van der Waals surface area contributed by atoms with Gasteiger partial charge in [0.05, 0.1) is 6.61 Å². The number of hydrogen-bond donors (Lipinski definition) is 2. The maximum absolute atomic E-state index is 9.61. The third kappa shape index (κ3) is 4.59. The lowest BCUT2D eigenvalue weighted by Crippen LogP contribution is -2.32. The van der Waals surface area contributed by atoms with E-state index in [9.17, 15) is 5.11 Å². The first-order chi connectivity index (χ1) is 9.21. The largest absolute Gasteiger partial charge is 0.396 e. The van der Waals surface area contributed by atoms with Gasteiger partial charge in [-0.1, -0.05) is 32.1 Å². The maximum Gasteiger partial charge on any atom is 0.0504 e. The fourth-order valence-electron chi connectivity index (χ4n) is 1.95. The number of aliphatic hydroxyl groups is 1. The summed E-state index contributed by atoms with van der Waals surface area (Å²) < 4.78 is 0. The van der Waals surface area contributed by atoms with Crippen molar-refractivity contribution in [3.8, 4) is 0 Å². The normalized spacial score (nSPS) is 11.3. The predicted octanol–water partition coefficient (Wildman–Crippen LogP) is 4.18. The number of aliphatic hydroxyl groups excluding tert-OH is 1. The van der Waals surface area contributed by atoms with Crippen molar-refractivity contribution in [1.82, 2.24) is 0 Å². The van der Waals surface area contributed by atoms with E-state index >= 15 is 0 Å². The van der Waals surface area contributed by atoms with Gasteiger partial charge in [-0.25, -0.2) is 0 Å². The molecule has 0 saturated carbocycles. The van der Waals surface area contributed by atoms with E-state index in [4.69, 9.17) is 0 Å². The highest BCUT2D eigenvalue weighted by Crippen LogP contribution is 2.30. The van der Waals surface area contributed by atoms with Gasteiger partial charge in [-0.2, -0.15) is 0 Å². The van der Waals surface area contributed by atoms with Gasteiger partial charge in [0.25, 0.3) is 0 Å². The van der Waals surface area contributed by atoms with Crippen molar-refractivity contribution in [1.29, 1.82) is 0 Å². The van der Waals surface area contributed by atoms with Crippen molar-refractivity contribution in [3.63, 3.8) is 0 Å². The van der Waals surface area contributed by atoms with E-state index in [1.54, 1.807) is 11.8 Å². The Balaban J connectivity index is 2.73. The van der Waals surface area contributed by atoms with Gasteiger partial charge >= 0.3 is 0 Å². The Kier molecular flexibility index (Phi) is 7.03. The molecule has 0 spiro atoms. The predicted molar refractivity (Wildman–Crippen MR) is 86.0 cm³/mol. The van der Waals surface area contributed by atoms with Gasteiger partial charge in [-0.3, -0.25) is 0 Å². The first-order valence-corrected chi connectivity index (χ1v) is 7.87. The number of thioether (sulfide) groups is 1. The molecule has 0 fully saturated rings. The van der Waals surface area contributed by atoms with Crippen LogP contribution in [0.3, 0.4) is 0 Å². The quantitative estimate of drug-likeness (QED) is 0.525. The van der Waals surface area contributed by atoms with Gasteiger partial charge in [0, 0.05) is 28.3 Å². The summed E-state index contributed by atoms with van der Waals surface area (Å²) in [4.78, 5) is 1.24. The summed E-state index contributed by atoms with van der Waals surface area (Å²) in [6.07, 6.45) is 3.88. The second-order valence-electron chi connectivity index (χ2n) is 4.81. The molecule has 0 aliphatic heterocycles. The van der Waals surface area contributed by atoms with Crippen LogP contribution in [0.2, 0.25) is 0 Å². The topological polar surface area (TPSA) is 32.3 Å². The molecular formula is C16H25NOS. The minimum atomic E-state index is -0.0176. The Morgan fingerprint density at radius 2 is 2.00 bits per heavy atom. The monoisotopic (exact) mass is 279 g/mol.